The molecule has 0 radical (unpaired) electrons. The zero-order valence-electron chi connectivity index (χ0n) is 11.3. The predicted octanol–water partition coefficient (Wildman–Crippen LogP) is -0.0815. The Kier molecular flexibility index (Phi) is 5.45. The number of piperazine rings is 1. The summed E-state index contributed by atoms with van der Waals surface area (Å²) in [5.41, 5.74) is 0. The molecule has 110 valence electrons. The molecular formula is C12H18N4O3S. The van der Waals surface area contributed by atoms with Gasteiger partial charge < -0.3 is 15.4 Å². The molecule has 1 unspecified atom stereocenters. The summed E-state index contributed by atoms with van der Waals surface area (Å²) in [6.45, 7) is 4.16. The first-order valence-electron chi connectivity index (χ1n) is 6.51. The van der Waals surface area contributed by atoms with Crippen LogP contribution in [0.25, 0.3) is 0 Å². The lowest BCUT2D eigenvalue weighted by Gasteiger charge is -2.33. The average Bonchev–Trinajstić information content (AvgIpc) is 2.92. The maximum absolute atomic E-state index is 11.9. The van der Waals surface area contributed by atoms with Crippen molar-refractivity contribution in [2.45, 2.75) is 13.0 Å². The van der Waals surface area contributed by atoms with Gasteiger partial charge in [0, 0.05) is 31.2 Å². The maximum atomic E-state index is 11.9. The zero-order chi connectivity index (χ0) is 14.4. The Labute approximate surface area is 121 Å². The molecule has 1 fully saturated rings. The Morgan fingerprint density at radius 1 is 1.65 bits per heavy atom. The van der Waals surface area contributed by atoms with Crippen LogP contribution >= 0.6 is 11.3 Å². The molecule has 8 heteroatoms. The molecule has 2 rings (SSSR count). The maximum Gasteiger partial charge on any atom is 0.324 e. The lowest BCUT2D eigenvalue weighted by molar-refractivity contribution is -0.150. The lowest BCUT2D eigenvalue weighted by Crippen LogP contribution is -2.57. The van der Waals surface area contributed by atoms with Crippen molar-refractivity contribution in [2.75, 3.05) is 38.1 Å². The molecule has 0 spiro atoms. The van der Waals surface area contributed by atoms with Gasteiger partial charge >= 0.3 is 5.97 Å². The topological polar surface area (TPSA) is 83.6 Å². The number of hydrogen-bond acceptors (Lipinski definition) is 7. The van der Waals surface area contributed by atoms with Crippen molar-refractivity contribution in [2.24, 2.45) is 0 Å². The number of nitrogens with one attached hydrogen (secondary N) is 2. The third-order valence-electron chi connectivity index (χ3n) is 2.94. The van der Waals surface area contributed by atoms with Crippen LogP contribution in [0.15, 0.2) is 11.6 Å². The van der Waals surface area contributed by atoms with Crippen molar-refractivity contribution in [1.82, 2.24) is 15.2 Å². The molecule has 2 heterocycles. The number of amides is 1. The van der Waals surface area contributed by atoms with E-state index < -0.39 is 6.04 Å². The molecule has 20 heavy (non-hydrogen) atoms. The van der Waals surface area contributed by atoms with Crippen LogP contribution in [0, 0.1) is 0 Å². The predicted molar refractivity (Wildman–Crippen MR) is 75.6 cm³/mol. The summed E-state index contributed by atoms with van der Waals surface area (Å²) < 4.78 is 5.04. The van der Waals surface area contributed by atoms with E-state index in [0.717, 1.165) is 6.54 Å². The monoisotopic (exact) mass is 298 g/mol. The van der Waals surface area contributed by atoms with Crippen molar-refractivity contribution in [3.05, 3.63) is 11.6 Å². The SMILES string of the molecule is CCOC(=O)C1CNCCN1CC(=O)Nc1nccs1. The second-order valence-corrected chi connectivity index (χ2v) is 5.22. The first-order chi connectivity index (χ1) is 9.70. The molecule has 1 aromatic heterocycles. The fourth-order valence-corrected chi connectivity index (χ4v) is 2.58. The fraction of sp³-hybridized carbons (Fsp3) is 0.583. The standard InChI is InChI=1S/C12H18N4O3S/c1-2-19-11(18)9-7-13-3-5-16(9)8-10(17)15-12-14-4-6-20-12/h4,6,9,13H,2-3,5,7-8H2,1H3,(H,14,15,17). The van der Waals surface area contributed by atoms with Gasteiger partial charge in [-0.15, -0.1) is 11.3 Å². The summed E-state index contributed by atoms with van der Waals surface area (Å²) >= 11 is 1.36. The third kappa shape index (κ3) is 3.99. The largest absolute Gasteiger partial charge is 0.465 e. The quantitative estimate of drug-likeness (QED) is 0.740. The molecule has 0 bridgehead atoms. The Morgan fingerprint density at radius 2 is 2.50 bits per heavy atom. The van der Waals surface area contributed by atoms with Gasteiger partial charge in [-0.3, -0.25) is 14.5 Å². The molecule has 2 N–H and O–H groups in total. The van der Waals surface area contributed by atoms with Crippen molar-refractivity contribution < 1.29 is 14.3 Å². The second-order valence-electron chi connectivity index (χ2n) is 4.33. The van der Waals surface area contributed by atoms with Crippen molar-refractivity contribution in [3.63, 3.8) is 0 Å². The van der Waals surface area contributed by atoms with Crippen molar-refractivity contribution in [3.8, 4) is 0 Å². The molecule has 0 aromatic carbocycles. The summed E-state index contributed by atoms with van der Waals surface area (Å²) in [7, 11) is 0. The lowest BCUT2D eigenvalue weighted by atomic mass is 10.2. The average molecular weight is 298 g/mol. The van der Waals surface area contributed by atoms with Crippen molar-refractivity contribution >= 4 is 28.3 Å². The molecular weight excluding hydrogens is 280 g/mol. The number of hydrogen-bond donors (Lipinski definition) is 2. The molecule has 7 nitrogen and oxygen atoms in total. The summed E-state index contributed by atoms with van der Waals surface area (Å²) in [5.74, 6) is -0.460. The van der Waals surface area contributed by atoms with E-state index in [0.29, 0.717) is 24.8 Å². The van der Waals surface area contributed by atoms with Gasteiger partial charge in [0.1, 0.15) is 6.04 Å². The van der Waals surface area contributed by atoms with Crippen molar-refractivity contribution in [1.29, 1.82) is 0 Å². The van der Waals surface area contributed by atoms with Crippen LogP contribution in [0.4, 0.5) is 5.13 Å². The molecule has 1 amide bonds. The van der Waals surface area contributed by atoms with E-state index in [9.17, 15) is 9.59 Å². The van der Waals surface area contributed by atoms with Crippen LogP contribution in [0.2, 0.25) is 0 Å². The van der Waals surface area contributed by atoms with Gasteiger partial charge in [-0.2, -0.15) is 0 Å². The van der Waals surface area contributed by atoms with Crippen LogP contribution in [0.1, 0.15) is 6.92 Å². The number of rotatable bonds is 5. The van der Waals surface area contributed by atoms with Gasteiger partial charge in [0.05, 0.1) is 13.2 Å². The second kappa shape index (κ2) is 7.32. The number of ether oxygens (including phenoxy) is 1. The van der Waals surface area contributed by atoms with Crippen LogP contribution < -0.4 is 10.6 Å². The Hall–Kier alpha value is -1.51. The van der Waals surface area contributed by atoms with E-state index >= 15 is 0 Å². The number of carbonyl (C=O) groups is 2. The first-order valence-corrected chi connectivity index (χ1v) is 7.39. The number of anilines is 1. The molecule has 1 saturated heterocycles. The van der Waals surface area contributed by atoms with E-state index in [-0.39, 0.29) is 18.4 Å². The molecule has 1 atom stereocenters. The van der Waals surface area contributed by atoms with E-state index in [1.165, 1.54) is 11.3 Å². The first kappa shape index (κ1) is 14.9. The van der Waals surface area contributed by atoms with Crippen LogP contribution in [-0.4, -0.2) is 60.6 Å². The highest BCUT2D eigenvalue weighted by Crippen LogP contribution is 2.11. The van der Waals surface area contributed by atoms with E-state index in [2.05, 4.69) is 15.6 Å². The highest BCUT2D eigenvalue weighted by atomic mass is 32.1. The Balaban J connectivity index is 1.91. The van der Waals surface area contributed by atoms with Crippen LogP contribution in [0.5, 0.6) is 0 Å². The van der Waals surface area contributed by atoms with Gasteiger partial charge in [0.25, 0.3) is 0 Å². The van der Waals surface area contributed by atoms with E-state index in [4.69, 9.17) is 4.74 Å². The highest BCUT2D eigenvalue weighted by molar-refractivity contribution is 7.13. The summed E-state index contributed by atoms with van der Waals surface area (Å²) in [6.07, 6.45) is 1.63. The van der Waals surface area contributed by atoms with Gasteiger partial charge in [0.2, 0.25) is 5.91 Å². The molecule has 0 aliphatic carbocycles. The minimum Gasteiger partial charge on any atom is -0.465 e. The van der Waals surface area contributed by atoms with E-state index in [1.54, 1.807) is 18.5 Å². The minimum absolute atomic E-state index is 0.157. The number of nitrogens with zero attached hydrogens (tertiary/aromatic N) is 2. The highest BCUT2D eigenvalue weighted by Gasteiger charge is 2.30. The number of aromatic nitrogens is 1. The minimum atomic E-state index is -0.411. The normalized spacial score (nSPS) is 19.6. The number of thiazole rings is 1. The molecule has 0 saturated carbocycles. The van der Waals surface area contributed by atoms with Gasteiger partial charge in [0.15, 0.2) is 5.13 Å². The fourth-order valence-electron chi connectivity index (χ4n) is 2.03. The summed E-state index contributed by atoms with van der Waals surface area (Å²) in [6, 6.07) is -0.411. The Bertz CT molecular complexity index is 452. The van der Waals surface area contributed by atoms with Gasteiger partial charge in [-0.1, -0.05) is 0 Å². The smallest absolute Gasteiger partial charge is 0.324 e. The van der Waals surface area contributed by atoms with E-state index in [1.807, 2.05) is 4.90 Å². The third-order valence-corrected chi connectivity index (χ3v) is 3.63. The Morgan fingerprint density at radius 3 is 3.20 bits per heavy atom. The zero-order valence-corrected chi connectivity index (χ0v) is 12.1. The summed E-state index contributed by atoms with van der Waals surface area (Å²) in [4.78, 5) is 29.6. The number of carbonyl (C=O) groups excluding carboxylic acids is 2. The molecule has 1 aliphatic heterocycles. The van der Waals surface area contributed by atoms with Crippen LogP contribution in [-0.2, 0) is 14.3 Å². The van der Waals surface area contributed by atoms with Gasteiger partial charge in [-0.25, -0.2) is 4.98 Å². The molecule has 1 aliphatic rings. The number of esters is 1. The summed E-state index contributed by atoms with van der Waals surface area (Å²) in [5, 5.41) is 8.21. The van der Waals surface area contributed by atoms with Crippen LogP contribution in [0.3, 0.4) is 0 Å². The van der Waals surface area contributed by atoms with Gasteiger partial charge in [-0.05, 0) is 6.92 Å². The molecule has 1 aromatic rings.